The molecule has 1 N–H and O–H groups in total. The van der Waals surface area contributed by atoms with Crippen LogP contribution >= 0.6 is 11.6 Å². The van der Waals surface area contributed by atoms with Gasteiger partial charge in [0.05, 0.1) is 18.2 Å². The van der Waals surface area contributed by atoms with Crippen LogP contribution in [0.2, 0.25) is 5.02 Å². The average Bonchev–Trinajstić information content (AvgIpc) is 3.50. The summed E-state index contributed by atoms with van der Waals surface area (Å²) in [5, 5.41) is 2.36. The number of hydrogen-bond donors (Lipinski definition) is 1. The van der Waals surface area contributed by atoms with E-state index in [9.17, 15) is 31.1 Å². The summed E-state index contributed by atoms with van der Waals surface area (Å²) in [5.74, 6) is -0.635. The molecule has 30 heavy (non-hydrogen) atoms. The smallest absolute Gasteiger partial charge is 0.416 e. The Balaban J connectivity index is 1.95. The summed E-state index contributed by atoms with van der Waals surface area (Å²) in [6, 6.07) is 1.24. The molecular weight excluding hydrogens is 440 g/mol. The fraction of sp³-hybridized carbons (Fsp3) is 0.389. The lowest BCUT2D eigenvalue weighted by atomic mass is 10.0. The van der Waals surface area contributed by atoms with E-state index in [1.54, 1.807) is 0 Å². The first-order chi connectivity index (χ1) is 13.9. The number of nitrogens with one attached hydrogen (secondary N) is 1. The Labute approximate surface area is 171 Å². The van der Waals surface area contributed by atoms with Gasteiger partial charge in [-0.25, -0.2) is 14.8 Å². The molecule has 1 saturated carbocycles. The molecular formula is C18H14ClF6N3O2. The number of benzene rings is 1. The van der Waals surface area contributed by atoms with Gasteiger partial charge in [0.2, 0.25) is 0 Å². The highest BCUT2D eigenvalue weighted by Gasteiger charge is 2.37. The number of nitrogens with zero attached hydrogens (tertiary/aromatic N) is 2. The predicted molar refractivity (Wildman–Crippen MR) is 94.1 cm³/mol. The number of aromatic nitrogens is 2. The predicted octanol–water partition coefficient (Wildman–Crippen LogP) is 5.44. The Hall–Kier alpha value is -2.56. The third kappa shape index (κ3) is 4.94. The number of ether oxygens (including phenoxy) is 1. The summed E-state index contributed by atoms with van der Waals surface area (Å²) < 4.78 is 82.7. The highest BCUT2D eigenvalue weighted by atomic mass is 35.5. The monoisotopic (exact) mass is 453 g/mol. The van der Waals surface area contributed by atoms with Crippen LogP contribution in [0.1, 0.15) is 51.8 Å². The van der Waals surface area contributed by atoms with Crippen molar-refractivity contribution in [3.8, 4) is 0 Å². The minimum absolute atomic E-state index is 0.00314. The van der Waals surface area contributed by atoms with Gasteiger partial charge in [0, 0.05) is 12.5 Å². The van der Waals surface area contributed by atoms with Crippen molar-refractivity contribution in [2.24, 2.45) is 0 Å². The number of methoxy groups -OCH3 is 1. The van der Waals surface area contributed by atoms with Gasteiger partial charge >= 0.3 is 18.3 Å². The third-order valence-electron chi connectivity index (χ3n) is 4.30. The van der Waals surface area contributed by atoms with Crippen LogP contribution in [0, 0.1) is 0 Å². The first-order valence-corrected chi connectivity index (χ1v) is 8.96. The van der Waals surface area contributed by atoms with Crippen LogP contribution < -0.4 is 5.32 Å². The van der Waals surface area contributed by atoms with E-state index in [1.165, 1.54) is 0 Å². The summed E-state index contributed by atoms with van der Waals surface area (Å²) in [4.78, 5) is 20.1. The molecule has 1 aromatic heterocycles. The van der Waals surface area contributed by atoms with Crippen LogP contribution in [0.25, 0.3) is 0 Å². The van der Waals surface area contributed by atoms with Crippen molar-refractivity contribution in [3.63, 3.8) is 0 Å². The maximum absolute atomic E-state index is 13.0. The van der Waals surface area contributed by atoms with Crippen molar-refractivity contribution < 1.29 is 35.9 Å². The van der Waals surface area contributed by atoms with E-state index in [0.717, 1.165) is 20.0 Å². The van der Waals surface area contributed by atoms with Crippen molar-refractivity contribution in [2.45, 2.75) is 37.7 Å². The van der Waals surface area contributed by atoms with Gasteiger partial charge < -0.3 is 10.1 Å². The molecule has 0 spiro atoms. The number of carbonyl (C=O) groups excluding carboxylic acids is 1. The molecule has 0 unspecified atom stereocenters. The van der Waals surface area contributed by atoms with E-state index in [-0.39, 0.29) is 34.1 Å². The summed E-state index contributed by atoms with van der Waals surface area (Å²) in [7, 11) is 1.12. The Morgan fingerprint density at radius 2 is 1.67 bits per heavy atom. The molecule has 162 valence electrons. The summed E-state index contributed by atoms with van der Waals surface area (Å²) in [6.45, 7) is -0.450. The zero-order chi connectivity index (χ0) is 22.3. The lowest BCUT2D eigenvalue weighted by Crippen LogP contribution is -2.14. The molecule has 0 atom stereocenters. The molecule has 3 rings (SSSR count). The minimum atomic E-state index is -4.96. The topological polar surface area (TPSA) is 64.1 Å². The SMILES string of the molecule is COC(=O)c1nc(C2CC2)nc(NCc2cc(C(F)(F)F)cc(C(F)(F)F)c2)c1Cl. The van der Waals surface area contributed by atoms with Crippen LogP contribution in [0.15, 0.2) is 18.2 Å². The Morgan fingerprint density at radius 1 is 1.10 bits per heavy atom. The number of halogens is 7. The molecule has 5 nitrogen and oxygen atoms in total. The average molecular weight is 454 g/mol. The zero-order valence-electron chi connectivity index (χ0n) is 15.3. The van der Waals surface area contributed by atoms with Gasteiger partial charge in [0.25, 0.3) is 0 Å². The van der Waals surface area contributed by atoms with E-state index >= 15 is 0 Å². The molecule has 1 aliphatic rings. The number of esters is 1. The lowest BCUT2D eigenvalue weighted by molar-refractivity contribution is -0.143. The largest absolute Gasteiger partial charge is 0.464 e. The Morgan fingerprint density at radius 3 is 2.13 bits per heavy atom. The van der Waals surface area contributed by atoms with Crippen LogP contribution in [-0.4, -0.2) is 23.0 Å². The normalized spacial score (nSPS) is 14.5. The van der Waals surface area contributed by atoms with Crippen LogP contribution in [0.3, 0.4) is 0 Å². The Bertz CT molecular complexity index is 941. The molecule has 0 saturated heterocycles. The first-order valence-electron chi connectivity index (χ1n) is 8.58. The Kier molecular flexibility index (Phi) is 5.85. The van der Waals surface area contributed by atoms with Gasteiger partial charge in [-0.2, -0.15) is 26.3 Å². The first kappa shape index (κ1) is 22.1. The standard InChI is InChI=1S/C18H14ClF6N3O2/c1-30-16(29)13-12(19)15(28-14(27-13)9-2-3-9)26-7-8-4-10(17(20,21)22)6-11(5-8)18(23,24)25/h4-6,9H,2-3,7H2,1H3,(H,26,27,28). The quantitative estimate of drug-likeness (QED) is 0.482. The molecule has 1 fully saturated rings. The van der Waals surface area contributed by atoms with Crippen molar-refractivity contribution >= 4 is 23.4 Å². The molecule has 1 heterocycles. The van der Waals surface area contributed by atoms with Crippen LogP contribution in [-0.2, 0) is 23.6 Å². The number of hydrogen-bond acceptors (Lipinski definition) is 5. The van der Waals surface area contributed by atoms with E-state index < -0.39 is 36.0 Å². The van der Waals surface area contributed by atoms with Crippen molar-refractivity contribution in [1.29, 1.82) is 0 Å². The molecule has 0 bridgehead atoms. The summed E-state index contributed by atoms with van der Waals surface area (Å²) in [6.07, 6.45) is -8.35. The van der Waals surface area contributed by atoms with E-state index in [1.807, 2.05) is 0 Å². The molecule has 2 aromatic rings. The van der Waals surface area contributed by atoms with Gasteiger partial charge in [-0.3, -0.25) is 0 Å². The maximum Gasteiger partial charge on any atom is 0.416 e. The second-order valence-electron chi connectivity index (χ2n) is 6.63. The highest BCUT2D eigenvalue weighted by molar-refractivity contribution is 6.35. The minimum Gasteiger partial charge on any atom is -0.464 e. The van der Waals surface area contributed by atoms with Crippen molar-refractivity contribution in [3.05, 3.63) is 51.4 Å². The van der Waals surface area contributed by atoms with Gasteiger partial charge in [-0.15, -0.1) is 0 Å². The van der Waals surface area contributed by atoms with Crippen LogP contribution in [0.5, 0.6) is 0 Å². The maximum atomic E-state index is 13.0. The van der Waals surface area contributed by atoms with E-state index in [4.69, 9.17) is 11.6 Å². The second kappa shape index (κ2) is 7.93. The number of rotatable bonds is 5. The molecule has 1 aliphatic carbocycles. The summed E-state index contributed by atoms with van der Waals surface area (Å²) in [5.41, 5.74) is -3.40. The number of carbonyl (C=O) groups is 1. The van der Waals surface area contributed by atoms with Crippen molar-refractivity contribution in [1.82, 2.24) is 9.97 Å². The van der Waals surface area contributed by atoms with Gasteiger partial charge in [0.1, 0.15) is 16.7 Å². The van der Waals surface area contributed by atoms with Crippen molar-refractivity contribution in [2.75, 3.05) is 12.4 Å². The molecule has 1 aromatic carbocycles. The van der Waals surface area contributed by atoms with E-state index in [0.29, 0.717) is 18.0 Å². The van der Waals surface area contributed by atoms with Gasteiger partial charge in [-0.05, 0) is 36.6 Å². The van der Waals surface area contributed by atoms with E-state index in [2.05, 4.69) is 20.0 Å². The summed E-state index contributed by atoms with van der Waals surface area (Å²) >= 11 is 6.11. The second-order valence-corrected chi connectivity index (χ2v) is 7.00. The fourth-order valence-electron chi connectivity index (χ4n) is 2.64. The van der Waals surface area contributed by atoms with Gasteiger partial charge in [0.15, 0.2) is 5.69 Å². The van der Waals surface area contributed by atoms with Crippen LogP contribution in [0.4, 0.5) is 32.2 Å². The lowest BCUT2D eigenvalue weighted by Gasteiger charge is -2.16. The third-order valence-corrected chi connectivity index (χ3v) is 4.66. The fourth-order valence-corrected chi connectivity index (χ4v) is 2.87. The molecule has 12 heteroatoms. The molecule has 0 aliphatic heterocycles. The zero-order valence-corrected chi connectivity index (χ0v) is 16.0. The number of alkyl halides is 6. The number of anilines is 1. The highest BCUT2D eigenvalue weighted by Crippen LogP contribution is 2.40. The molecule has 0 radical (unpaired) electrons. The molecule has 0 amide bonds. The van der Waals surface area contributed by atoms with Gasteiger partial charge in [-0.1, -0.05) is 11.6 Å².